The molecule has 0 atom stereocenters. The zero-order valence-corrected chi connectivity index (χ0v) is 20.6. The molecule has 186 valence electrons. The monoisotopic (exact) mass is 482 g/mol. The molecule has 0 N–H and O–H groups in total. The van der Waals surface area contributed by atoms with Crippen molar-refractivity contribution in [1.82, 2.24) is 10.1 Å². The van der Waals surface area contributed by atoms with Crippen LogP contribution in [0.15, 0.2) is 28.8 Å². The van der Waals surface area contributed by atoms with Gasteiger partial charge in [0.1, 0.15) is 0 Å². The van der Waals surface area contributed by atoms with E-state index in [4.69, 9.17) is 9.51 Å². The molecule has 1 aromatic carbocycles. The molecule has 1 amide bonds. The lowest BCUT2D eigenvalue weighted by molar-refractivity contribution is -0.148. The first-order valence-corrected chi connectivity index (χ1v) is 12.5. The molecule has 0 radical (unpaired) electrons. The van der Waals surface area contributed by atoms with Crippen LogP contribution in [0.2, 0.25) is 0 Å². The summed E-state index contributed by atoms with van der Waals surface area (Å²) >= 11 is 0. The fourth-order valence-corrected chi connectivity index (χ4v) is 6.00. The van der Waals surface area contributed by atoms with Crippen LogP contribution in [0.5, 0.6) is 0 Å². The molecule has 8 heteroatoms. The Kier molecular flexibility index (Phi) is 5.54. The lowest BCUT2D eigenvalue weighted by Crippen LogP contribution is -2.53. The molecule has 6 nitrogen and oxygen atoms in total. The number of nitriles is 1. The Morgan fingerprint density at radius 1 is 1.17 bits per heavy atom. The molecule has 6 rings (SSSR count). The third-order valence-corrected chi connectivity index (χ3v) is 8.44. The number of nitrogens with zero attached hydrogens (tertiary/aromatic N) is 4. The van der Waals surface area contributed by atoms with Crippen LogP contribution in [-0.4, -0.2) is 28.5 Å². The Hall–Kier alpha value is -2.82. The van der Waals surface area contributed by atoms with Gasteiger partial charge in [-0.05, 0) is 62.1 Å². The maximum Gasteiger partial charge on any atom is 0.249 e. The molecular formula is C27H32F2N4O2. The van der Waals surface area contributed by atoms with Gasteiger partial charge >= 0.3 is 0 Å². The molecule has 4 aliphatic carbocycles. The van der Waals surface area contributed by atoms with Gasteiger partial charge in [0, 0.05) is 41.8 Å². The number of anilines is 1. The third kappa shape index (κ3) is 4.34. The lowest BCUT2D eigenvalue weighted by Gasteiger charge is -2.53. The van der Waals surface area contributed by atoms with Gasteiger partial charge in [0.2, 0.25) is 17.7 Å². The highest BCUT2D eigenvalue weighted by molar-refractivity contribution is 5.96. The van der Waals surface area contributed by atoms with Gasteiger partial charge in [0.15, 0.2) is 5.82 Å². The van der Waals surface area contributed by atoms with E-state index in [2.05, 4.69) is 32.0 Å². The summed E-state index contributed by atoms with van der Waals surface area (Å²) in [6.07, 6.45) is 4.63. The quantitative estimate of drug-likeness (QED) is 0.529. The third-order valence-electron chi connectivity index (χ3n) is 8.44. The summed E-state index contributed by atoms with van der Waals surface area (Å²) in [5, 5.41) is 13.6. The van der Waals surface area contributed by atoms with E-state index in [-0.39, 0.29) is 22.2 Å². The molecule has 2 bridgehead atoms. The first-order chi connectivity index (χ1) is 16.4. The van der Waals surface area contributed by atoms with Crippen LogP contribution in [-0.2, 0) is 15.6 Å². The number of fused-ring (bicyclic) bond motifs is 3. The number of hydrogen-bond acceptors (Lipinski definition) is 5. The molecule has 1 aromatic heterocycles. The van der Waals surface area contributed by atoms with Crippen molar-refractivity contribution in [3.63, 3.8) is 0 Å². The number of benzene rings is 1. The van der Waals surface area contributed by atoms with Crippen LogP contribution in [0.3, 0.4) is 0 Å². The van der Waals surface area contributed by atoms with Crippen LogP contribution < -0.4 is 4.90 Å². The largest absolute Gasteiger partial charge is 0.339 e. The Bertz CT molecular complexity index is 1140. The molecular weight excluding hydrogens is 450 g/mol. The van der Waals surface area contributed by atoms with Crippen molar-refractivity contribution >= 4 is 11.6 Å². The number of carbonyl (C=O) groups excluding carboxylic acids is 1. The SMILES string of the molecule is CC(C)(C)c1noc(C23CCC(CN(C(=O)C4CC(F)(F)C4)c4cccc(C#N)c4)(CC2)CC3)n1. The standard InChI is InChI=1S/C27H32F2N4O2/c1-24(2,3)22-31-23(35-32-22)26-10-7-25(8-11-26,9-12-26)17-33(20-6-4-5-18(13-20)16-30)21(34)19-14-27(28,29)15-19/h4-6,13,19H,7-12,14-15,17H2,1-3H3. The Balaban J connectivity index is 1.37. The Morgan fingerprint density at radius 3 is 2.37 bits per heavy atom. The summed E-state index contributed by atoms with van der Waals surface area (Å²) in [4.78, 5) is 19.9. The molecule has 35 heavy (non-hydrogen) atoms. The highest BCUT2D eigenvalue weighted by atomic mass is 19.3. The molecule has 0 unspecified atom stereocenters. The summed E-state index contributed by atoms with van der Waals surface area (Å²) in [5.74, 6) is -2.25. The number of alkyl halides is 2. The average molecular weight is 483 g/mol. The molecule has 4 fully saturated rings. The van der Waals surface area contributed by atoms with Crippen molar-refractivity contribution in [2.45, 2.75) is 88.9 Å². The van der Waals surface area contributed by atoms with E-state index >= 15 is 0 Å². The van der Waals surface area contributed by atoms with E-state index in [1.54, 1.807) is 29.2 Å². The van der Waals surface area contributed by atoms with E-state index in [1.165, 1.54) is 0 Å². The maximum atomic E-state index is 13.6. The van der Waals surface area contributed by atoms with Crippen molar-refractivity contribution in [1.29, 1.82) is 5.26 Å². The lowest BCUT2D eigenvalue weighted by atomic mass is 9.53. The van der Waals surface area contributed by atoms with Crippen molar-refractivity contribution in [2.75, 3.05) is 11.4 Å². The normalized spacial score (nSPS) is 27.8. The Morgan fingerprint density at radius 2 is 1.83 bits per heavy atom. The zero-order chi connectivity index (χ0) is 25.1. The number of halogens is 2. The second-order valence-electron chi connectivity index (χ2n) is 12.0. The summed E-state index contributed by atoms with van der Waals surface area (Å²) < 4.78 is 32.9. The van der Waals surface area contributed by atoms with Crippen molar-refractivity contribution in [2.24, 2.45) is 11.3 Å². The second-order valence-corrected chi connectivity index (χ2v) is 12.0. The molecule has 0 spiro atoms. The smallest absolute Gasteiger partial charge is 0.249 e. The minimum absolute atomic E-state index is 0.0841. The number of rotatable bonds is 5. The summed E-state index contributed by atoms with van der Waals surface area (Å²) in [6.45, 7) is 6.68. The van der Waals surface area contributed by atoms with E-state index < -0.39 is 24.7 Å². The maximum absolute atomic E-state index is 13.6. The van der Waals surface area contributed by atoms with E-state index in [0.717, 1.165) is 50.2 Å². The zero-order valence-electron chi connectivity index (χ0n) is 20.6. The first kappa shape index (κ1) is 23.9. The Labute approximate surface area is 204 Å². The fourth-order valence-electron chi connectivity index (χ4n) is 6.00. The molecule has 0 aliphatic heterocycles. The first-order valence-electron chi connectivity index (χ1n) is 12.5. The van der Waals surface area contributed by atoms with Crippen LogP contribution >= 0.6 is 0 Å². The van der Waals surface area contributed by atoms with Gasteiger partial charge in [-0.1, -0.05) is 32.0 Å². The van der Waals surface area contributed by atoms with E-state index in [1.807, 2.05) is 0 Å². The predicted octanol–water partition coefficient (Wildman–Crippen LogP) is 5.91. The van der Waals surface area contributed by atoms with Gasteiger partial charge in [0.25, 0.3) is 0 Å². The highest BCUT2D eigenvalue weighted by Crippen LogP contribution is 2.58. The van der Waals surface area contributed by atoms with Crippen molar-refractivity contribution < 1.29 is 18.1 Å². The van der Waals surface area contributed by atoms with Crippen LogP contribution in [0.1, 0.15) is 89.4 Å². The van der Waals surface area contributed by atoms with Crippen LogP contribution in [0.4, 0.5) is 14.5 Å². The number of hydrogen-bond donors (Lipinski definition) is 0. The van der Waals surface area contributed by atoms with Crippen LogP contribution in [0.25, 0.3) is 0 Å². The average Bonchev–Trinajstić information content (AvgIpc) is 3.34. The number of aromatic nitrogens is 2. The summed E-state index contributed by atoms with van der Waals surface area (Å²) in [6, 6.07) is 9.04. The minimum atomic E-state index is -2.76. The molecule has 1 heterocycles. The van der Waals surface area contributed by atoms with Gasteiger partial charge in [-0.25, -0.2) is 8.78 Å². The molecule has 4 aliphatic rings. The summed E-state index contributed by atoms with van der Waals surface area (Å²) in [5.41, 5.74) is 0.688. The number of amides is 1. The topological polar surface area (TPSA) is 83.0 Å². The highest BCUT2D eigenvalue weighted by Gasteiger charge is 2.55. The van der Waals surface area contributed by atoms with Gasteiger partial charge in [-0.15, -0.1) is 0 Å². The minimum Gasteiger partial charge on any atom is -0.339 e. The van der Waals surface area contributed by atoms with Gasteiger partial charge in [0.05, 0.1) is 11.6 Å². The fraction of sp³-hybridized carbons (Fsp3) is 0.630. The number of carbonyl (C=O) groups is 1. The van der Waals surface area contributed by atoms with Crippen molar-refractivity contribution in [3.05, 3.63) is 41.5 Å². The van der Waals surface area contributed by atoms with Crippen molar-refractivity contribution in [3.8, 4) is 6.07 Å². The predicted molar refractivity (Wildman–Crippen MR) is 126 cm³/mol. The molecule has 0 saturated heterocycles. The van der Waals surface area contributed by atoms with Crippen LogP contribution in [0, 0.1) is 22.7 Å². The van der Waals surface area contributed by atoms with E-state index in [0.29, 0.717) is 17.8 Å². The second kappa shape index (κ2) is 8.11. The van der Waals surface area contributed by atoms with Gasteiger partial charge < -0.3 is 9.42 Å². The molecule has 4 saturated carbocycles. The molecule has 2 aromatic rings. The van der Waals surface area contributed by atoms with E-state index in [9.17, 15) is 18.8 Å². The van der Waals surface area contributed by atoms with Gasteiger partial charge in [-0.3, -0.25) is 4.79 Å². The summed E-state index contributed by atoms with van der Waals surface area (Å²) in [7, 11) is 0. The van der Waals surface area contributed by atoms with Gasteiger partial charge in [-0.2, -0.15) is 10.2 Å².